The summed E-state index contributed by atoms with van der Waals surface area (Å²) in [6, 6.07) is 7.61. The van der Waals surface area contributed by atoms with Crippen molar-refractivity contribution in [3.05, 3.63) is 42.2 Å². The molecule has 0 saturated carbocycles. The monoisotopic (exact) mass is 287 g/mol. The minimum atomic E-state index is 0.162. The smallest absolute Gasteiger partial charge is 0.193 e. The number of rotatable bonds is 5. The van der Waals surface area contributed by atoms with Crippen LogP contribution in [-0.2, 0) is 13.6 Å². The number of ether oxygens (including phenoxy) is 1. The highest BCUT2D eigenvalue weighted by Gasteiger charge is 2.00. The van der Waals surface area contributed by atoms with Crippen molar-refractivity contribution < 1.29 is 4.74 Å². The van der Waals surface area contributed by atoms with Crippen molar-refractivity contribution in [3.8, 4) is 5.75 Å². The van der Waals surface area contributed by atoms with E-state index < -0.39 is 0 Å². The van der Waals surface area contributed by atoms with Gasteiger partial charge in [0.2, 0.25) is 0 Å². The number of nitrogens with zero attached hydrogens (tertiary/aromatic N) is 3. The Bertz CT molecular complexity index is 601. The van der Waals surface area contributed by atoms with E-state index in [1.165, 1.54) is 0 Å². The number of aryl methyl sites for hydroxylation is 1. The van der Waals surface area contributed by atoms with Gasteiger partial charge in [0.05, 0.1) is 18.8 Å². The fourth-order valence-electron chi connectivity index (χ4n) is 1.81. The maximum Gasteiger partial charge on any atom is 0.193 e. The molecule has 6 heteroatoms. The van der Waals surface area contributed by atoms with Gasteiger partial charge in [-0.1, -0.05) is 0 Å². The van der Waals surface area contributed by atoms with Crippen LogP contribution in [0.4, 0.5) is 5.69 Å². The molecular weight excluding hydrogens is 266 g/mol. The second kappa shape index (κ2) is 6.78. The zero-order chi connectivity index (χ0) is 15.2. The minimum Gasteiger partial charge on any atom is -0.491 e. The van der Waals surface area contributed by atoms with Gasteiger partial charge >= 0.3 is 0 Å². The summed E-state index contributed by atoms with van der Waals surface area (Å²) in [5.41, 5.74) is 7.75. The van der Waals surface area contributed by atoms with Gasteiger partial charge in [-0.25, -0.2) is 4.99 Å². The molecule has 1 aromatic heterocycles. The SMILES string of the molecule is CC(C)Oc1ccc(NC(N)=NCc2cnn(C)c2)cc1. The molecule has 0 saturated heterocycles. The predicted octanol–water partition coefficient (Wildman–Crippen LogP) is 2.13. The third kappa shape index (κ3) is 4.83. The first-order valence-corrected chi connectivity index (χ1v) is 6.84. The maximum atomic E-state index is 5.86. The fourth-order valence-corrected chi connectivity index (χ4v) is 1.81. The average molecular weight is 287 g/mol. The van der Waals surface area contributed by atoms with Crippen molar-refractivity contribution >= 4 is 11.6 Å². The van der Waals surface area contributed by atoms with Crippen LogP contribution in [0.25, 0.3) is 0 Å². The quantitative estimate of drug-likeness (QED) is 0.652. The van der Waals surface area contributed by atoms with Gasteiger partial charge in [0.25, 0.3) is 0 Å². The summed E-state index contributed by atoms with van der Waals surface area (Å²) in [6.45, 7) is 4.49. The molecule has 0 fully saturated rings. The molecule has 0 unspecified atom stereocenters. The van der Waals surface area contributed by atoms with Gasteiger partial charge in [-0.2, -0.15) is 5.10 Å². The highest BCUT2D eigenvalue weighted by Crippen LogP contribution is 2.16. The zero-order valence-corrected chi connectivity index (χ0v) is 12.6. The second-order valence-electron chi connectivity index (χ2n) is 5.04. The van der Waals surface area contributed by atoms with Gasteiger partial charge in [-0.05, 0) is 38.1 Å². The Morgan fingerprint density at radius 3 is 2.67 bits per heavy atom. The molecule has 21 heavy (non-hydrogen) atoms. The van der Waals surface area contributed by atoms with Crippen molar-refractivity contribution in [3.63, 3.8) is 0 Å². The predicted molar refractivity (Wildman–Crippen MR) is 84.4 cm³/mol. The van der Waals surface area contributed by atoms with Crippen LogP contribution in [0, 0.1) is 0 Å². The molecule has 1 aromatic carbocycles. The minimum absolute atomic E-state index is 0.162. The first kappa shape index (κ1) is 14.9. The van der Waals surface area contributed by atoms with E-state index >= 15 is 0 Å². The molecule has 1 heterocycles. The largest absolute Gasteiger partial charge is 0.491 e. The van der Waals surface area contributed by atoms with Crippen molar-refractivity contribution in [1.82, 2.24) is 9.78 Å². The highest BCUT2D eigenvalue weighted by atomic mass is 16.5. The summed E-state index contributed by atoms with van der Waals surface area (Å²) >= 11 is 0. The number of aliphatic imine (C=N–C) groups is 1. The topological polar surface area (TPSA) is 77.5 Å². The summed E-state index contributed by atoms with van der Waals surface area (Å²) in [7, 11) is 1.87. The number of aromatic nitrogens is 2. The molecule has 0 spiro atoms. The lowest BCUT2D eigenvalue weighted by atomic mass is 10.3. The Labute approximate surface area is 124 Å². The van der Waals surface area contributed by atoms with E-state index in [0.717, 1.165) is 17.0 Å². The van der Waals surface area contributed by atoms with Gasteiger partial charge in [0, 0.05) is 24.5 Å². The fraction of sp³-hybridized carbons (Fsp3) is 0.333. The molecule has 0 radical (unpaired) electrons. The van der Waals surface area contributed by atoms with Crippen molar-refractivity contribution in [2.45, 2.75) is 26.5 Å². The molecular formula is C15H21N5O. The van der Waals surface area contributed by atoms with Crippen molar-refractivity contribution in [2.75, 3.05) is 5.32 Å². The number of guanidine groups is 1. The lowest BCUT2D eigenvalue weighted by Crippen LogP contribution is -2.22. The molecule has 0 aliphatic heterocycles. The zero-order valence-electron chi connectivity index (χ0n) is 12.6. The molecule has 2 rings (SSSR count). The Balaban J connectivity index is 1.91. The molecule has 0 aliphatic carbocycles. The van der Waals surface area contributed by atoms with Gasteiger partial charge in [0.15, 0.2) is 5.96 Å². The van der Waals surface area contributed by atoms with Gasteiger partial charge < -0.3 is 15.8 Å². The number of benzene rings is 1. The number of hydrogen-bond acceptors (Lipinski definition) is 3. The normalized spacial score (nSPS) is 11.7. The summed E-state index contributed by atoms with van der Waals surface area (Å²) in [5.74, 6) is 1.21. The standard InChI is InChI=1S/C15H21N5O/c1-11(2)21-14-6-4-13(5-7-14)19-15(16)17-8-12-9-18-20(3)10-12/h4-7,9-11H,8H2,1-3H3,(H3,16,17,19). The van der Waals surface area contributed by atoms with Crippen LogP contribution >= 0.6 is 0 Å². The maximum absolute atomic E-state index is 5.86. The first-order valence-electron chi connectivity index (χ1n) is 6.84. The van der Waals surface area contributed by atoms with E-state index in [-0.39, 0.29) is 6.10 Å². The van der Waals surface area contributed by atoms with Crippen LogP contribution < -0.4 is 15.8 Å². The summed E-state index contributed by atoms with van der Waals surface area (Å²) in [6.07, 6.45) is 3.85. The summed E-state index contributed by atoms with van der Waals surface area (Å²) < 4.78 is 7.32. The lowest BCUT2D eigenvalue weighted by molar-refractivity contribution is 0.242. The van der Waals surface area contributed by atoms with Crippen molar-refractivity contribution in [2.24, 2.45) is 17.8 Å². The van der Waals surface area contributed by atoms with Gasteiger partial charge in [0.1, 0.15) is 5.75 Å². The second-order valence-corrected chi connectivity index (χ2v) is 5.04. The Morgan fingerprint density at radius 1 is 1.38 bits per heavy atom. The Kier molecular flexibility index (Phi) is 4.81. The number of nitrogens with one attached hydrogen (secondary N) is 1. The Hall–Kier alpha value is -2.50. The van der Waals surface area contributed by atoms with E-state index in [2.05, 4.69) is 15.4 Å². The first-order chi connectivity index (χ1) is 10.0. The number of anilines is 1. The van der Waals surface area contributed by atoms with E-state index in [9.17, 15) is 0 Å². The van der Waals surface area contributed by atoms with Crippen LogP contribution in [0.3, 0.4) is 0 Å². The van der Waals surface area contributed by atoms with E-state index in [1.807, 2.05) is 51.4 Å². The van der Waals surface area contributed by atoms with E-state index in [1.54, 1.807) is 10.9 Å². The van der Waals surface area contributed by atoms with Crippen LogP contribution in [0.5, 0.6) is 5.75 Å². The molecule has 0 atom stereocenters. The third-order valence-electron chi connectivity index (χ3n) is 2.69. The lowest BCUT2D eigenvalue weighted by Gasteiger charge is -2.10. The molecule has 0 amide bonds. The Morgan fingerprint density at radius 2 is 2.10 bits per heavy atom. The summed E-state index contributed by atoms with van der Waals surface area (Å²) in [4.78, 5) is 4.27. The van der Waals surface area contributed by atoms with Crippen LogP contribution in [-0.4, -0.2) is 21.8 Å². The van der Waals surface area contributed by atoms with Crippen molar-refractivity contribution in [1.29, 1.82) is 0 Å². The van der Waals surface area contributed by atoms with Crippen LogP contribution in [0.15, 0.2) is 41.7 Å². The van der Waals surface area contributed by atoms with Crippen LogP contribution in [0.2, 0.25) is 0 Å². The molecule has 3 N–H and O–H groups in total. The molecule has 2 aromatic rings. The molecule has 0 bridgehead atoms. The highest BCUT2D eigenvalue weighted by molar-refractivity contribution is 5.92. The number of hydrogen-bond donors (Lipinski definition) is 2. The van der Waals surface area contributed by atoms with E-state index in [4.69, 9.17) is 10.5 Å². The van der Waals surface area contributed by atoms with Gasteiger partial charge in [-0.3, -0.25) is 4.68 Å². The average Bonchev–Trinajstić information content (AvgIpc) is 2.84. The molecule has 6 nitrogen and oxygen atoms in total. The third-order valence-corrected chi connectivity index (χ3v) is 2.69. The molecule has 0 aliphatic rings. The number of nitrogens with two attached hydrogens (primary N) is 1. The summed E-state index contributed by atoms with van der Waals surface area (Å²) in [5, 5.41) is 7.13. The van der Waals surface area contributed by atoms with Gasteiger partial charge in [-0.15, -0.1) is 0 Å². The van der Waals surface area contributed by atoms with Crippen LogP contribution in [0.1, 0.15) is 19.4 Å². The molecule has 112 valence electrons. The van der Waals surface area contributed by atoms with E-state index in [0.29, 0.717) is 12.5 Å².